The molecular weight excluding hydrogens is 268 g/mol. The average Bonchev–Trinajstić information content (AvgIpc) is 2.75. The number of anilines is 1. The zero-order valence-electron chi connectivity index (χ0n) is 10.8. The summed E-state index contributed by atoms with van der Waals surface area (Å²) < 4.78 is 7.02. The molecule has 1 N–H and O–H groups in total. The molecule has 0 bridgehead atoms. The van der Waals surface area contributed by atoms with E-state index < -0.39 is 0 Å². The summed E-state index contributed by atoms with van der Waals surface area (Å²) in [5.74, 6) is 0.408. The molecule has 0 saturated heterocycles. The molecule has 0 amide bonds. The molecule has 0 spiro atoms. The lowest BCUT2D eigenvalue weighted by Gasteiger charge is -2.07. The van der Waals surface area contributed by atoms with E-state index in [1.807, 2.05) is 24.7 Å². The Hall–Kier alpha value is -1.89. The van der Waals surface area contributed by atoms with Gasteiger partial charge >= 0.3 is 6.01 Å². The molecule has 0 aliphatic rings. The van der Waals surface area contributed by atoms with Crippen LogP contribution in [0.1, 0.15) is 12.6 Å². The summed E-state index contributed by atoms with van der Waals surface area (Å²) in [5, 5.41) is 7.30. The summed E-state index contributed by atoms with van der Waals surface area (Å²) in [6.45, 7) is 3.01. The minimum absolute atomic E-state index is 0.112. The van der Waals surface area contributed by atoms with Crippen LogP contribution in [0.5, 0.6) is 6.01 Å². The Bertz CT molecular complexity index is 544. The molecule has 2 rings (SSSR count). The van der Waals surface area contributed by atoms with Crippen molar-refractivity contribution in [3.63, 3.8) is 0 Å². The van der Waals surface area contributed by atoms with Crippen LogP contribution in [0.4, 0.5) is 5.95 Å². The van der Waals surface area contributed by atoms with Crippen molar-refractivity contribution in [1.29, 1.82) is 0 Å². The number of aryl methyl sites for hydroxylation is 1. The maximum absolute atomic E-state index is 5.79. The van der Waals surface area contributed by atoms with Gasteiger partial charge in [-0.05, 0) is 24.6 Å². The van der Waals surface area contributed by atoms with E-state index in [0.717, 1.165) is 12.1 Å². The van der Waals surface area contributed by atoms with Crippen molar-refractivity contribution in [3.05, 3.63) is 23.2 Å². The van der Waals surface area contributed by atoms with Gasteiger partial charge in [0.1, 0.15) is 0 Å². The van der Waals surface area contributed by atoms with Crippen molar-refractivity contribution in [1.82, 2.24) is 24.7 Å². The van der Waals surface area contributed by atoms with Crippen molar-refractivity contribution >= 4 is 17.5 Å². The first-order valence-electron chi connectivity index (χ1n) is 5.94. The lowest BCUT2D eigenvalue weighted by molar-refractivity contribution is 0.312. The maximum atomic E-state index is 5.79. The second kappa shape index (κ2) is 6.33. The number of hydrogen-bond acceptors (Lipinski definition) is 6. The van der Waals surface area contributed by atoms with E-state index in [1.54, 1.807) is 6.20 Å². The zero-order chi connectivity index (χ0) is 13.7. The van der Waals surface area contributed by atoms with Crippen LogP contribution in [0.25, 0.3) is 0 Å². The highest BCUT2D eigenvalue weighted by molar-refractivity contribution is 6.28. The Labute approximate surface area is 116 Å². The summed E-state index contributed by atoms with van der Waals surface area (Å²) in [6, 6.07) is 2.19. The fraction of sp³-hybridized carbons (Fsp3) is 0.455. The van der Waals surface area contributed by atoms with Gasteiger partial charge in [0.2, 0.25) is 11.2 Å². The monoisotopic (exact) mass is 282 g/mol. The fourth-order valence-electron chi connectivity index (χ4n) is 1.55. The van der Waals surface area contributed by atoms with Crippen molar-refractivity contribution in [2.75, 3.05) is 18.5 Å². The first kappa shape index (κ1) is 13.5. The van der Waals surface area contributed by atoms with Crippen molar-refractivity contribution in [2.24, 2.45) is 7.05 Å². The Balaban J connectivity index is 1.94. The number of hydrogen-bond donors (Lipinski definition) is 1. The Kier molecular flexibility index (Phi) is 4.51. The van der Waals surface area contributed by atoms with Gasteiger partial charge in [-0.15, -0.1) is 0 Å². The normalized spacial score (nSPS) is 10.5. The molecule has 0 aliphatic heterocycles. The molecule has 0 saturated carbocycles. The van der Waals surface area contributed by atoms with E-state index in [2.05, 4.69) is 25.4 Å². The first-order valence-corrected chi connectivity index (χ1v) is 6.32. The third kappa shape index (κ3) is 3.78. The van der Waals surface area contributed by atoms with Crippen molar-refractivity contribution in [2.45, 2.75) is 13.3 Å². The lowest BCUT2D eigenvalue weighted by atomic mass is 10.3. The second-order valence-electron chi connectivity index (χ2n) is 3.77. The summed E-state index contributed by atoms with van der Waals surface area (Å²) in [7, 11) is 1.91. The summed E-state index contributed by atoms with van der Waals surface area (Å²) in [4.78, 5) is 12.0. The fourth-order valence-corrected chi connectivity index (χ4v) is 1.71. The van der Waals surface area contributed by atoms with Crippen molar-refractivity contribution in [3.8, 4) is 6.01 Å². The first-order chi connectivity index (χ1) is 9.19. The van der Waals surface area contributed by atoms with E-state index in [-0.39, 0.29) is 11.3 Å². The highest BCUT2D eigenvalue weighted by Crippen LogP contribution is 2.11. The minimum atomic E-state index is 0.112. The number of rotatable bonds is 6. The summed E-state index contributed by atoms with van der Waals surface area (Å²) in [5.41, 5.74) is 1.12. The minimum Gasteiger partial charge on any atom is -0.464 e. The van der Waals surface area contributed by atoms with E-state index in [9.17, 15) is 0 Å². The number of nitrogens with one attached hydrogen (secondary N) is 1. The predicted octanol–water partition coefficient (Wildman–Crippen LogP) is 1.31. The lowest BCUT2D eigenvalue weighted by Crippen LogP contribution is -2.11. The van der Waals surface area contributed by atoms with Gasteiger partial charge in [-0.1, -0.05) is 0 Å². The Morgan fingerprint density at radius 1 is 1.37 bits per heavy atom. The quantitative estimate of drug-likeness (QED) is 0.861. The largest absolute Gasteiger partial charge is 0.464 e. The van der Waals surface area contributed by atoms with Gasteiger partial charge < -0.3 is 10.1 Å². The number of aromatic nitrogens is 5. The molecule has 19 heavy (non-hydrogen) atoms. The molecule has 0 unspecified atom stereocenters. The van der Waals surface area contributed by atoms with Gasteiger partial charge in [-0.3, -0.25) is 4.68 Å². The SMILES string of the molecule is CCOc1nc(Cl)nc(NCCc2ccnn2C)n1. The van der Waals surface area contributed by atoms with Gasteiger partial charge in [0.05, 0.1) is 6.61 Å². The highest BCUT2D eigenvalue weighted by Gasteiger charge is 2.05. The van der Waals surface area contributed by atoms with Gasteiger partial charge in [-0.2, -0.15) is 20.1 Å². The van der Waals surface area contributed by atoms with Gasteiger partial charge in [0.15, 0.2) is 0 Å². The Morgan fingerprint density at radius 2 is 2.21 bits per heavy atom. The molecule has 0 aliphatic carbocycles. The molecule has 0 fully saturated rings. The van der Waals surface area contributed by atoms with Crippen LogP contribution in [0.3, 0.4) is 0 Å². The molecule has 0 aromatic carbocycles. The molecule has 8 heteroatoms. The summed E-state index contributed by atoms with van der Waals surface area (Å²) in [6.07, 6.45) is 2.58. The Morgan fingerprint density at radius 3 is 2.89 bits per heavy atom. The average molecular weight is 283 g/mol. The smallest absolute Gasteiger partial charge is 0.322 e. The standard InChI is InChI=1S/C11H15ClN6O/c1-3-19-11-16-9(12)15-10(17-11)13-6-4-8-5-7-14-18(8)2/h5,7H,3-4,6H2,1-2H3,(H,13,15,16,17). The molecule has 7 nitrogen and oxygen atoms in total. The molecule has 102 valence electrons. The zero-order valence-corrected chi connectivity index (χ0v) is 11.6. The van der Waals surface area contributed by atoms with Crippen molar-refractivity contribution < 1.29 is 4.74 Å². The van der Waals surface area contributed by atoms with E-state index in [4.69, 9.17) is 16.3 Å². The molecular formula is C11H15ClN6O. The predicted molar refractivity (Wildman–Crippen MR) is 71.4 cm³/mol. The van der Waals surface area contributed by atoms with Gasteiger partial charge in [-0.25, -0.2) is 0 Å². The third-order valence-electron chi connectivity index (χ3n) is 2.45. The molecule has 2 heterocycles. The van der Waals surface area contributed by atoms with Crippen LogP contribution in [0, 0.1) is 0 Å². The number of halogens is 1. The molecule has 0 radical (unpaired) electrons. The van der Waals surface area contributed by atoms with Crippen LogP contribution in [-0.4, -0.2) is 37.9 Å². The van der Waals surface area contributed by atoms with E-state index in [0.29, 0.717) is 19.1 Å². The molecule has 2 aromatic heterocycles. The maximum Gasteiger partial charge on any atom is 0.322 e. The molecule has 0 atom stereocenters. The van der Waals surface area contributed by atoms with E-state index in [1.165, 1.54) is 0 Å². The van der Waals surface area contributed by atoms with Gasteiger partial charge in [0.25, 0.3) is 0 Å². The van der Waals surface area contributed by atoms with Crippen LogP contribution in [-0.2, 0) is 13.5 Å². The third-order valence-corrected chi connectivity index (χ3v) is 2.62. The van der Waals surface area contributed by atoms with Crippen LogP contribution >= 0.6 is 11.6 Å². The number of nitrogens with zero attached hydrogens (tertiary/aromatic N) is 5. The van der Waals surface area contributed by atoms with Crippen LogP contribution in [0.15, 0.2) is 12.3 Å². The second-order valence-corrected chi connectivity index (χ2v) is 4.10. The molecule has 2 aromatic rings. The summed E-state index contributed by atoms with van der Waals surface area (Å²) >= 11 is 5.79. The topological polar surface area (TPSA) is 77.8 Å². The highest BCUT2D eigenvalue weighted by atomic mass is 35.5. The number of ether oxygens (including phenoxy) is 1. The van der Waals surface area contributed by atoms with Crippen LogP contribution in [0.2, 0.25) is 5.28 Å². The van der Waals surface area contributed by atoms with Crippen LogP contribution < -0.4 is 10.1 Å². The van der Waals surface area contributed by atoms with Gasteiger partial charge in [0, 0.05) is 31.9 Å². The van der Waals surface area contributed by atoms with E-state index >= 15 is 0 Å².